The number of nitrogens with two attached hydrogens (primary N) is 1. The Balaban J connectivity index is 0.00000120. The van der Waals surface area contributed by atoms with Crippen molar-refractivity contribution in [1.82, 2.24) is 14.8 Å². The van der Waals surface area contributed by atoms with Crippen LogP contribution in [0.1, 0.15) is 17.7 Å². The molecule has 1 saturated carbocycles. The Morgan fingerprint density at radius 2 is 2.28 bits per heavy atom. The van der Waals surface area contributed by atoms with Crippen molar-refractivity contribution in [2.75, 3.05) is 25.5 Å². The second-order valence-corrected chi connectivity index (χ2v) is 6.00. The van der Waals surface area contributed by atoms with Gasteiger partial charge in [0.05, 0.1) is 13.2 Å². The SMILES string of the molecule is Cl.Nc1ncc(CN2CC(=O)N(CC3CC3)C2)s1. The van der Waals surface area contributed by atoms with Crippen LogP contribution in [0.3, 0.4) is 0 Å². The number of hydrogen-bond acceptors (Lipinski definition) is 5. The Morgan fingerprint density at radius 3 is 2.89 bits per heavy atom. The maximum atomic E-state index is 11.8. The number of thiazole rings is 1. The van der Waals surface area contributed by atoms with Crippen molar-refractivity contribution in [3.63, 3.8) is 0 Å². The monoisotopic (exact) mass is 288 g/mol. The number of aromatic nitrogens is 1. The molecule has 18 heavy (non-hydrogen) atoms. The van der Waals surface area contributed by atoms with Gasteiger partial charge in [0.25, 0.3) is 0 Å². The molecule has 0 spiro atoms. The van der Waals surface area contributed by atoms with E-state index in [9.17, 15) is 4.79 Å². The van der Waals surface area contributed by atoms with Crippen molar-refractivity contribution in [3.05, 3.63) is 11.1 Å². The van der Waals surface area contributed by atoms with E-state index >= 15 is 0 Å². The van der Waals surface area contributed by atoms with Crippen LogP contribution >= 0.6 is 23.7 Å². The minimum atomic E-state index is 0. The summed E-state index contributed by atoms with van der Waals surface area (Å²) in [4.78, 5) is 21.1. The standard InChI is InChI=1S/C11H16N4OS.ClH/c12-11-13-3-9(17-11)5-14-6-10(16)15(7-14)4-8-1-2-8;/h3,8H,1-2,4-7H2,(H2,12,13);1H. The van der Waals surface area contributed by atoms with E-state index < -0.39 is 0 Å². The van der Waals surface area contributed by atoms with Crippen LogP contribution in [0.4, 0.5) is 5.13 Å². The van der Waals surface area contributed by atoms with Gasteiger partial charge in [-0.2, -0.15) is 0 Å². The molecule has 0 unspecified atom stereocenters. The van der Waals surface area contributed by atoms with Gasteiger partial charge in [-0.1, -0.05) is 0 Å². The number of nitrogens with zero attached hydrogens (tertiary/aromatic N) is 3. The van der Waals surface area contributed by atoms with Crippen LogP contribution in [-0.2, 0) is 11.3 Å². The largest absolute Gasteiger partial charge is 0.375 e. The summed E-state index contributed by atoms with van der Waals surface area (Å²) in [6, 6.07) is 0. The molecule has 1 aliphatic carbocycles. The third-order valence-electron chi connectivity index (χ3n) is 3.21. The molecule has 0 bridgehead atoms. The molecule has 2 aliphatic rings. The number of carbonyl (C=O) groups is 1. The average molecular weight is 289 g/mol. The first-order chi connectivity index (χ1) is 8.20. The van der Waals surface area contributed by atoms with Gasteiger partial charge in [-0.3, -0.25) is 9.69 Å². The summed E-state index contributed by atoms with van der Waals surface area (Å²) in [6.07, 6.45) is 4.37. The molecule has 1 aliphatic heterocycles. The lowest BCUT2D eigenvalue weighted by Crippen LogP contribution is -2.29. The summed E-state index contributed by atoms with van der Waals surface area (Å²) >= 11 is 1.50. The summed E-state index contributed by atoms with van der Waals surface area (Å²) < 4.78 is 0. The normalized spacial score (nSPS) is 20.2. The molecule has 1 aromatic rings. The highest BCUT2D eigenvalue weighted by Crippen LogP contribution is 2.30. The first kappa shape index (κ1) is 13.6. The number of halogens is 1. The molecule has 1 amide bonds. The predicted molar refractivity (Wildman–Crippen MR) is 73.5 cm³/mol. The molecule has 1 saturated heterocycles. The average Bonchev–Trinajstić information content (AvgIpc) is 2.90. The fraction of sp³-hybridized carbons (Fsp3) is 0.636. The van der Waals surface area contributed by atoms with E-state index in [2.05, 4.69) is 9.88 Å². The van der Waals surface area contributed by atoms with Gasteiger partial charge in [-0.15, -0.1) is 23.7 Å². The highest BCUT2D eigenvalue weighted by atomic mass is 35.5. The second kappa shape index (κ2) is 5.42. The third kappa shape index (κ3) is 3.13. The van der Waals surface area contributed by atoms with Gasteiger partial charge in [0.15, 0.2) is 5.13 Å². The van der Waals surface area contributed by atoms with Crippen LogP contribution in [-0.4, -0.2) is 40.4 Å². The molecular weight excluding hydrogens is 272 g/mol. The summed E-state index contributed by atoms with van der Waals surface area (Å²) in [5.74, 6) is 1.02. The van der Waals surface area contributed by atoms with Crippen LogP contribution in [0.2, 0.25) is 0 Å². The molecule has 0 radical (unpaired) electrons. The topological polar surface area (TPSA) is 62.5 Å². The molecular formula is C11H17ClN4OS. The van der Waals surface area contributed by atoms with Crippen molar-refractivity contribution < 1.29 is 4.79 Å². The van der Waals surface area contributed by atoms with Crippen molar-refractivity contribution in [1.29, 1.82) is 0 Å². The zero-order chi connectivity index (χ0) is 11.8. The van der Waals surface area contributed by atoms with Crippen molar-refractivity contribution in [2.24, 2.45) is 5.92 Å². The van der Waals surface area contributed by atoms with Crippen LogP contribution in [0.15, 0.2) is 6.20 Å². The molecule has 7 heteroatoms. The Hall–Kier alpha value is -0.850. The zero-order valence-corrected chi connectivity index (χ0v) is 11.7. The Morgan fingerprint density at radius 1 is 1.50 bits per heavy atom. The summed E-state index contributed by atoms with van der Waals surface area (Å²) in [6.45, 7) is 3.01. The first-order valence-electron chi connectivity index (χ1n) is 5.91. The number of carbonyl (C=O) groups excluding carboxylic acids is 1. The summed E-state index contributed by atoms with van der Waals surface area (Å²) in [5, 5.41) is 0.598. The summed E-state index contributed by atoms with van der Waals surface area (Å²) in [7, 11) is 0. The Kier molecular flexibility index (Phi) is 4.09. The molecule has 2 N–H and O–H groups in total. The molecule has 1 aromatic heterocycles. The van der Waals surface area contributed by atoms with Gasteiger partial charge in [0, 0.05) is 24.2 Å². The fourth-order valence-corrected chi connectivity index (χ4v) is 2.88. The molecule has 3 rings (SSSR count). The zero-order valence-electron chi connectivity index (χ0n) is 10.0. The van der Waals surface area contributed by atoms with Crippen molar-refractivity contribution >= 4 is 34.8 Å². The van der Waals surface area contributed by atoms with E-state index in [1.54, 1.807) is 6.20 Å². The molecule has 0 aromatic carbocycles. The number of amides is 1. The molecule has 2 heterocycles. The highest BCUT2D eigenvalue weighted by molar-refractivity contribution is 7.15. The van der Waals surface area contributed by atoms with Gasteiger partial charge in [-0.05, 0) is 18.8 Å². The predicted octanol–water partition coefficient (Wildman–Crippen LogP) is 1.16. The van der Waals surface area contributed by atoms with Crippen LogP contribution in [0.5, 0.6) is 0 Å². The van der Waals surface area contributed by atoms with E-state index in [1.807, 2.05) is 4.90 Å². The molecule has 0 atom stereocenters. The number of anilines is 1. The maximum Gasteiger partial charge on any atom is 0.237 e. The lowest BCUT2D eigenvalue weighted by atomic mass is 10.4. The Bertz CT molecular complexity index is 434. The van der Waals surface area contributed by atoms with Crippen LogP contribution < -0.4 is 5.73 Å². The number of rotatable bonds is 4. The van der Waals surface area contributed by atoms with Gasteiger partial charge >= 0.3 is 0 Å². The first-order valence-corrected chi connectivity index (χ1v) is 6.72. The van der Waals surface area contributed by atoms with Gasteiger partial charge in [0.2, 0.25) is 5.91 Å². The third-order valence-corrected chi connectivity index (χ3v) is 4.02. The van der Waals surface area contributed by atoms with E-state index in [0.29, 0.717) is 11.7 Å². The second-order valence-electron chi connectivity index (χ2n) is 4.85. The lowest BCUT2D eigenvalue weighted by Gasteiger charge is -2.16. The highest BCUT2D eigenvalue weighted by Gasteiger charge is 2.32. The van der Waals surface area contributed by atoms with Crippen molar-refractivity contribution in [3.8, 4) is 0 Å². The number of hydrogen-bond donors (Lipinski definition) is 1. The lowest BCUT2D eigenvalue weighted by molar-refractivity contribution is -0.126. The van der Waals surface area contributed by atoms with Crippen LogP contribution in [0, 0.1) is 5.92 Å². The van der Waals surface area contributed by atoms with E-state index in [-0.39, 0.29) is 18.3 Å². The number of nitrogen functional groups attached to an aromatic ring is 1. The van der Waals surface area contributed by atoms with E-state index in [4.69, 9.17) is 5.73 Å². The fourth-order valence-electron chi connectivity index (χ4n) is 2.16. The smallest absolute Gasteiger partial charge is 0.237 e. The van der Waals surface area contributed by atoms with Gasteiger partial charge < -0.3 is 10.6 Å². The summed E-state index contributed by atoms with van der Waals surface area (Å²) in [5.41, 5.74) is 5.59. The van der Waals surface area contributed by atoms with Gasteiger partial charge in [0.1, 0.15) is 0 Å². The Labute approximate surface area is 116 Å². The molecule has 5 nitrogen and oxygen atoms in total. The molecule has 100 valence electrons. The quantitative estimate of drug-likeness (QED) is 0.903. The van der Waals surface area contributed by atoms with Crippen molar-refractivity contribution in [2.45, 2.75) is 19.4 Å². The maximum absolute atomic E-state index is 11.8. The van der Waals surface area contributed by atoms with E-state index in [0.717, 1.165) is 30.6 Å². The minimum absolute atomic E-state index is 0. The van der Waals surface area contributed by atoms with Gasteiger partial charge in [-0.25, -0.2) is 4.98 Å². The van der Waals surface area contributed by atoms with Crippen LogP contribution in [0.25, 0.3) is 0 Å². The van der Waals surface area contributed by atoms with E-state index in [1.165, 1.54) is 24.2 Å². The minimum Gasteiger partial charge on any atom is -0.375 e. The molecule has 2 fully saturated rings.